The molecule has 4 saturated carbocycles. The predicted molar refractivity (Wildman–Crippen MR) is 431 cm³/mol. The largest absolute Gasteiger partial charge is 0.494 e. The molecule has 20 nitrogen and oxygen atoms in total. The predicted octanol–water partition coefficient (Wildman–Crippen LogP) is 19.4. The van der Waals surface area contributed by atoms with E-state index in [-0.39, 0.29) is 11.9 Å². The van der Waals surface area contributed by atoms with Gasteiger partial charge in [-0.3, -0.25) is 19.2 Å². The molecule has 2 heterocycles. The number of aromatic nitrogens is 2. The Morgan fingerprint density at radius 2 is 0.745 bits per heavy atom. The fourth-order valence-corrected chi connectivity index (χ4v) is 16.6. The summed E-state index contributed by atoms with van der Waals surface area (Å²) in [6, 6.07) is 41.6. The Hall–Kier alpha value is -10.1. The Bertz CT molecular complexity index is 4100. The van der Waals surface area contributed by atoms with Crippen molar-refractivity contribution in [2.24, 2.45) is 45.7 Å². The van der Waals surface area contributed by atoms with Gasteiger partial charge in [0.05, 0.1) is 83.0 Å². The number of para-hydroxylation sites is 2. The first-order chi connectivity index (χ1) is 53.9. The van der Waals surface area contributed by atoms with Gasteiger partial charge in [-0.2, -0.15) is 10.2 Å². The van der Waals surface area contributed by atoms with Crippen LogP contribution in [0.3, 0.4) is 0 Å². The minimum atomic E-state index is -0.469. The van der Waals surface area contributed by atoms with Crippen molar-refractivity contribution in [3.8, 4) is 45.6 Å². The normalized spacial score (nSPS) is 17.6. The van der Waals surface area contributed by atoms with Gasteiger partial charge in [0.25, 0.3) is 0 Å². The number of hydrogen-bond donors (Lipinski definition) is 0. The molecule has 110 heavy (non-hydrogen) atoms. The quantitative estimate of drug-likeness (QED) is 0.00879. The maximum atomic E-state index is 14.5. The molecule has 4 fully saturated rings. The zero-order valence-electron chi connectivity index (χ0n) is 62.7. The van der Waals surface area contributed by atoms with E-state index in [0.29, 0.717) is 148 Å². The number of carbonyl (C=O) groups is 6. The maximum Gasteiger partial charge on any atom is 0.330 e. The van der Waals surface area contributed by atoms with Crippen LogP contribution in [0.5, 0.6) is 34.5 Å². The van der Waals surface area contributed by atoms with Crippen LogP contribution in [-0.4, -0.2) is 97.7 Å². The van der Waals surface area contributed by atoms with Gasteiger partial charge in [-0.15, -0.1) is 0 Å². The zero-order chi connectivity index (χ0) is 76.2. The lowest BCUT2D eigenvalue weighted by atomic mass is 9.82. The van der Waals surface area contributed by atoms with E-state index in [9.17, 15) is 28.8 Å². The van der Waals surface area contributed by atoms with Crippen molar-refractivity contribution >= 4 is 102 Å². The number of unbranched alkanes of at least 4 members (excludes halogenated alkanes) is 6. The number of anilines is 2. The summed E-state index contributed by atoms with van der Waals surface area (Å²) < 4.78 is 48.7. The van der Waals surface area contributed by atoms with Crippen molar-refractivity contribution in [1.29, 1.82) is 0 Å². The molecule has 0 amide bonds. The Labute approximate surface area is 652 Å². The third-order valence-corrected chi connectivity index (χ3v) is 23.2. The molecule has 4 aliphatic carbocycles. The van der Waals surface area contributed by atoms with E-state index in [0.717, 1.165) is 157 Å². The van der Waals surface area contributed by atoms with Crippen molar-refractivity contribution in [2.45, 2.75) is 167 Å². The number of carbonyl (C=O) groups excluding carboxylic acids is 6. The maximum absolute atomic E-state index is 14.5. The van der Waals surface area contributed by atoms with Crippen molar-refractivity contribution in [2.75, 3.05) is 49.5 Å². The molecule has 0 atom stereocenters. The smallest absolute Gasteiger partial charge is 0.330 e. The van der Waals surface area contributed by atoms with Gasteiger partial charge in [-0.05, 0) is 248 Å². The first-order valence-electron chi connectivity index (χ1n) is 39.4. The van der Waals surface area contributed by atoms with Crippen LogP contribution in [-0.2, 0) is 38.2 Å². The van der Waals surface area contributed by atoms with E-state index in [4.69, 9.17) is 58.1 Å². The molecule has 22 heteroatoms. The fourth-order valence-electron chi connectivity index (χ4n) is 14.7. The zero-order valence-corrected chi connectivity index (χ0v) is 64.4. The lowest BCUT2D eigenvalue weighted by Gasteiger charge is -2.27. The van der Waals surface area contributed by atoms with Gasteiger partial charge in [0.2, 0.25) is 10.3 Å². The van der Waals surface area contributed by atoms with E-state index in [1.807, 2.05) is 82.8 Å². The average Bonchev–Trinajstić information content (AvgIpc) is 1.21. The van der Waals surface area contributed by atoms with Gasteiger partial charge in [0, 0.05) is 36.4 Å². The van der Waals surface area contributed by atoms with Crippen LogP contribution in [0.2, 0.25) is 0 Å². The molecular weight excluding hydrogens is 1430 g/mol. The van der Waals surface area contributed by atoms with Crippen LogP contribution in [0.1, 0.15) is 178 Å². The summed E-state index contributed by atoms with van der Waals surface area (Å²) in [5, 5.41) is 16.0. The molecule has 0 unspecified atom stereocenters. The highest BCUT2D eigenvalue weighted by molar-refractivity contribution is 7.22. The average molecular weight is 1530 g/mol. The van der Waals surface area contributed by atoms with Gasteiger partial charge in [0.15, 0.2) is 0 Å². The highest BCUT2D eigenvalue weighted by atomic mass is 32.1. The molecule has 0 radical (unpaired) electrons. The van der Waals surface area contributed by atoms with Gasteiger partial charge in [-0.1, -0.05) is 111 Å². The minimum Gasteiger partial charge on any atom is -0.494 e. The molecule has 0 N–H and O–H groups in total. The molecule has 578 valence electrons. The molecule has 0 bridgehead atoms. The summed E-state index contributed by atoms with van der Waals surface area (Å²) in [5.41, 5.74) is 4.46. The van der Waals surface area contributed by atoms with Crippen LogP contribution >= 0.6 is 22.7 Å². The summed E-state index contributed by atoms with van der Waals surface area (Å²) in [5.74, 6) is -0.388. The lowest BCUT2D eigenvalue weighted by Crippen LogP contribution is -2.30. The molecule has 2 aromatic heterocycles. The topological polar surface area (TPSA) is 233 Å². The van der Waals surface area contributed by atoms with Crippen molar-refractivity contribution < 1.29 is 66.7 Å². The number of hydrazone groups is 2. The number of hydrogen-bond acceptors (Lipinski definition) is 22. The van der Waals surface area contributed by atoms with Crippen LogP contribution in [0.25, 0.3) is 31.6 Å². The number of nitrogens with zero attached hydrogens (tertiary/aromatic N) is 6. The van der Waals surface area contributed by atoms with Gasteiger partial charge < -0.3 is 37.9 Å². The Morgan fingerprint density at radius 3 is 1.11 bits per heavy atom. The second kappa shape index (κ2) is 41.1. The van der Waals surface area contributed by atoms with Crippen molar-refractivity contribution in [1.82, 2.24) is 9.97 Å². The van der Waals surface area contributed by atoms with Crippen LogP contribution in [0, 0.1) is 35.5 Å². The Balaban J connectivity index is 0.753. The molecule has 8 aromatic rings. The van der Waals surface area contributed by atoms with E-state index >= 15 is 0 Å². The van der Waals surface area contributed by atoms with E-state index in [1.54, 1.807) is 83.6 Å². The highest BCUT2D eigenvalue weighted by Crippen LogP contribution is 2.39. The van der Waals surface area contributed by atoms with Crippen LogP contribution < -0.4 is 38.4 Å². The first-order valence-corrected chi connectivity index (χ1v) is 41.0. The summed E-state index contributed by atoms with van der Waals surface area (Å²) in [6.45, 7) is 9.96. The van der Waals surface area contributed by atoms with Gasteiger partial charge in [0.1, 0.15) is 34.5 Å². The minimum absolute atomic E-state index is 0.328. The third kappa shape index (κ3) is 23.5. The van der Waals surface area contributed by atoms with Crippen molar-refractivity contribution in [3.05, 3.63) is 170 Å². The monoisotopic (exact) mass is 1530 g/mol. The van der Waals surface area contributed by atoms with E-state index < -0.39 is 47.5 Å². The van der Waals surface area contributed by atoms with Crippen molar-refractivity contribution in [3.63, 3.8) is 0 Å². The number of rotatable bonds is 37. The van der Waals surface area contributed by atoms with Gasteiger partial charge in [-0.25, -0.2) is 29.6 Å². The molecule has 0 saturated heterocycles. The second-order valence-corrected chi connectivity index (χ2v) is 31.1. The number of esters is 6. The Kier molecular flexibility index (Phi) is 29.7. The molecular formula is C88H100N6O14S2. The number of fused-ring (bicyclic) bond motifs is 2. The fraction of sp³-hybridized carbons (Fsp3) is 0.432. The Morgan fingerprint density at radius 1 is 0.400 bits per heavy atom. The van der Waals surface area contributed by atoms with Crippen LogP contribution in [0.15, 0.2) is 169 Å². The standard InChI is InChI=1S/C88H100N6O14S2/c1-3-81(95)103-53-21-7-5-19-51-101-71-41-45-73(46-42-71)105-83(97)63-31-35-65(36-32-63)85(99)107-77-49-39-67(55-69(77)57-89-93(59-61-23-11-9-12-24-61)87-91-75-27-15-17-29-79(75)109-87)68-40-50-78(70(56-68)58-90-94(60-62-25-13-10-14-26-62)88-92-76-28-16-18-30-80(76)110-88)108-86(100)66-37-33-64(34-38-66)84(98)106-74-47-43-72(44-48-74)102-52-20-6-8-22-54-104-82(96)4-2/h3-4,15-18,27-30,39-50,55-58,61-66H,1-2,5-14,19-26,31-38,51-54,59-60H2/b89-57+,90-58+. The number of benzene rings is 6. The first kappa shape index (κ1) is 79.5. The summed E-state index contributed by atoms with van der Waals surface area (Å²) >= 11 is 3.18. The molecule has 4 aliphatic rings. The summed E-state index contributed by atoms with van der Waals surface area (Å²) in [7, 11) is 0. The lowest BCUT2D eigenvalue weighted by molar-refractivity contribution is -0.145. The SMILES string of the molecule is C=CC(=O)OCCCCCCOc1ccc(OC(=O)C2CCC(C(=O)Oc3ccc(-c4ccc(OC(=O)C5CCC(C(=O)Oc6ccc(OCCCCCCOC(=O)C=C)cc6)CC5)c(/C=N/N(CC5CCCCC5)c5nc6ccccc6s5)c4)cc3/C=N/N(CC3CCCCC3)c3nc4ccccc4s3)CC2)cc1. The van der Waals surface area contributed by atoms with Crippen LogP contribution in [0.4, 0.5) is 10.3 Å². The number of ether oxygens (including phenoxy) is 8. The molecule has 12 rings (SSSR count). The second-order valence-electron chi connectivity index (χ2n) is 29.1. The highest BCUT2D eigenvalue weighted by Gasteiger charge is 2.35. The third-order valence-electron chi connectivity index (χ3n) is 21.1. The van der Waals surface area contributed by atoms with E-state index in [1.165, 1.54) is 12.8 Å². The molecule has 6 aromatic carbocycles. The molecule has 0 spiro atoms. The van der Waals surface area contributed by atoms with Gasteiger partial charge >= 0.3 is 35.8 Å². The molecule has 0 aliphatic heterocycles. The number of thiazole rings is 2. The van der Waals surface area contributed by atoms with E-state index in [2.05, 4.69) is 25.3 Å². The summed E-state index contributed by atoms with van der Waals surface area (Å²) in [6.07, 6.45) is 27.7. The summed E-state index contributed by atoms with van der Waals surface area (Å²) in [4.78, 5) is 89.0.